The SMILES string of the molecule is CC(=O)N(CC1CCCN1C(=O)NC1CCCC1)C1CC1. The molecule has 0 aromatic rings. The number of hydrogen-bond donors (Lipinski definition) is 1. The maximum Gasteiger partial charge on any atom is 0.317 e. The van der Waals surface area contributed by atoms with Gasteiger partial charge in [0, 0.05) is 32.1 Å². The van der Waals surface area contributed by atoms with Crippen LogP contribution >= 0.6 is 0 Å². The quantitative estimate of drug-likeness (QED) is 0.863. The molecule has 2 aliphatic carbocycles. The van der Waals surface area contributed by atoms with Gasteiger partial charge in [-0.3, -0.25) is 4.79 Å². The monoisotopic (exact) mass is 293 g/mol. The summed E-state index contributed by atoms with van der Waals surface area (Å²) in [4.78, 5) is 28.2. The molecule has 2 saturated carbocycles. The van der Waals surface area contributed by atoms with Gasteiger partial charge in [-0.05, 0) is 38.5 Å². The Morgan fingerprint density at radius 1 is 1.10 bits per heavy atom. The average Bonchev–Trinajstić information content (AvgIpc) is 2.97. The van der Waals surface area contributed by atoms with Gasteiger partial charge in [0.1, 0.15) is 0 Å². The molecule has 1 saturated heterocycles. The van der Waals surface area contributed by atoms with Crippen molar-refractivity contribution in [1.82, 2.24) is 15.1 Å². The summed E-state index contributed by atoms with van der Waals surface area (Å²) in [6.45, 7) is 3.20. The van der Waals surface area contributed by atoms with Crippen molar-refractivity contribution in [3.63, 3.8) is 0 Å². The van der Waals surface area contributed by atoms with E-state index < -0.39 is 0 Å². The summed E-state index contributed by atoms with van der Waals surface area (Å²) < 4.78 is 0. The molecule has 0 aromatic heterocycles. The lowest BCUT2D eigenvalue weighted by molar-refractivity contribution is -0.130. The van der Waals surface area contributed by atoms with Gasteiger partial charge in [-0.1, -0.05) is 12.8 Å². The van der Waals surface area contributed by atoms with E-state index in [4.69, 9.17) is 0 Å². The molecule has 3 amide bonds. The second kappa shape index (κ2) is 6.24. The van der Waals surface area contributed by atoms with Crippen LogP contribution in [-0.4, -0.2) is 53.0 Å². The van der Waals surface area contributed by atoms with Gasteiger partial charge in [-0.25, -0.2) is 4.79 Å². The second-order valence-corrected chi connectivity index (χ2v) is 6.82. The predicted molar refractivity (Wildman–Crippen MR) is 80.9 cm³/mol. The van der Waals surface area contributed by atoms with Crippen molar-refractivity contribution in [3.8, 4) is 0 Å². The lowest BCUT2D eigenvalue weighted by Crippen LogP contribution is -2.50. The first-order valence-corrected chi connectivity index (χ1v) is 8.49. The van der Waals surface area contributed by atoms with Crippen molar-refractivity contribution in [2.75, 3.05) is 13.1 Å². The zero-order chi connectivity index (χ0) is 14.8. The van der Waals surface area contributed by atoms with Crippen molar-refractivity contribution >= 4 is 11.9 Å². The molecule has 1 aliphatic heterocycles. The fraction of sp³-hybridized carbons (Fsp3) is 0.875. The normalized spacial score (nSPS) is 26.1. The van der Waals surface area contributed by atoms with Crippen LogP contribution in [0.4, 0.5) is 4.79 Å². The average molecular weight is 293 g/mol. The minimum Gasteiger partial charge on any atom is -0.338 e. The van der Waals surface area contributed by atoms with Crippen LogP contribution in [0.3, 0.4) is 0 Å². The molecule has 118 valence electrons. The smallest absolute Gasteiger partial charge is 0.317 e. The lowest BCUT2D eigenvalue weighted by Gasteiger charge is -2.31. The number of urea groups is 1. The van der Waals surface area contributed by atoms with Gasteiger partial charge in [0.05, 0.1) is 6.04 Å². The third-order valence-electron chi connectivity index (χ3n) is 5.12. The van der Waals surface area contributed by atoms with Gasteiger partial charge in [0.15, 0.2) is 0 Å². The molecule has 0 radical (unpaired) electrons. The first-order valence-electron chi connectivity index (χ1n) is 8.49. The van der Waals surface area contributed by atoms with Crippen LogP contribution in [0, 0.1) is 0 Å². The zero-order valence-electron chi connectivity index (χ0n) is 13.0. The van der Waals surface area contributed by atoms with Gasteiger partial charge in [-0.15, -0.1) is 0 Å². The number of carbonyl (C=O) groups is 2. The molecule has 21 heavy (non-hydrogen) atoms. The van der Waals surface area contributed by atoms with E-state index in [9.17, 15) is 9.59 Å². The third-order valence-corrected chi connectivity index (χ3v) is 5.12. The molecule has 1 N–H and O–H groups in total. The first kappa shape index (κ1) is 14.7. The number of hydrogen-bond acceptors (Lipinski definition) is 2. The van der Waals surface area contributed by atoms with E-state index in [0.717, 1.165) is 51.6 Å². The Morgan fingerprint density at radius 3 is 2.43 bits per heavy atom. The lowest BCUT2D eigenvalue weighted by atomic mass is 10.2. The van der Waals surface area contributed by atoms with Crippen molar-refractivity contribution in [2.45, 2.75) is 76.4 Å². The van der Waals surface area contributed by atoms with Crippen molar-refractivity contribution < 1.29 is 9.59 Å². The maximum absolute atomic E-state index is 12.5. The van der Waals surface area contributed by atoms with E-state index in [-0.39, 0.29) is 18.0 Å². The van der Waals surface area contributed by atoms with E-state index in [1.807, 2.05) is 9.80 Å². The summed E-state index contributed by atoms with van der Waals surface area (Å²) >= 11 is 0. The Labute approximate surface area is 127 Å². The van der Waals surface area contributed by atoms with Gasteiger partial charge >= 0.3 is 6.03 Å². The van der Waals surface area contributed by atoms with Crippen LogP contribution < -0.4 is 5.32 Å². The standard InChI is InChI=1S/C16H27N3O2/c1-12(20)19(14-8-9-14)11-15-7-4-10-18(15)16(21)17-13-5-2-3-6-13/h13-15H,2-11H2,1H3,(H,17,21). The van der Waals surface area contributed by atoms with E-state index in [1.54, 1.807) is 6.92 Å². The third kappa shape index (κ3) is 3.50. The highest BCUT2D eigenvalue weighted by Gasteiger charge is 2.37. The summed E-state index contributed by atoms with van der Waals surface area (Å²) in [5.74, 6) is 0.153. The van der Waals surface area contributed by atoms with Crippen molar-refractivity contribution in [3.05, 3.63) is 0 Å². The minimum absolute atomic E-state index is 0.0868. The summed E-state index contributed by atoms with van der Waals surface area (Å²) in [6, 6.07) is 1.09. The van der Waals surface area contributed by atoms with E-state index >= 15 is 0 Å². The zero-order valence-corrected chi connectivity index (χ0v) is 13.0. The largest absolute Gasteiger partial charge is 0.338 e. The Morgan fingerprint density at radius 2 is 1.81 bits per heavy atom. The summed E-state index contributed by atoms with van der Waals surface area (Å²) in [5.41, 5.74) is 0. The topological polar surface area (TPSA) is 52.7 Å². The fourth-order valence-electron chi connectivity index (χ4n) is 3.77. The molecule has 1 unspecified atom stereocenters. The van der Waals surface area contributed by atoms with Gasteiger partial charge in [-0.2, -0.15) is 0 Å². The molecule has 1 heterocycles. The molecule has 3 fully saturated rings. The van der Waals surface area contributed by atoms with Crippen LogP contribution in [0.1, 0.15) is 58.3 Å². The van der Waals surface area contributed by atoms with E-state index in [2.05, 4.69) is 5.32 Å². The number of rotatable bonds is 4. The highest BCUT2D eigenvalue weighted by atomic mass is 16.2. The summed E-state index contributed by atoms with van der Waals surface area (Å²) in [5, 5.41) is 3.18. The van der Waals surface area contributed by atoms with Crippen LogP contribution in [0.2, 0.25) is 0 Å². The molecule has 5 heteroatoms. The summed E-state index contributed by atoms with van der Waals surface area (Å²) in [7, 11) is 0. The molecule has 1 atom stereocenters. The molecule has 0 spiro atoms. The Hall–Kier alpha value is -1.26. The van der Waals surface area contributed by atoms with Gasteiger partial charge in [0.2, 0.25) is 5.91 Å². The molecule has 0 bridgehead atoms. The van der Waals surface area contributed by atoms with Crippen LogP contribution in [0.25, 0.3) is 0 Å². The molecular formula is C16H27N3O2. The first-order chi connectivity index (χ1) is 10.1. The van der Waals surface area contributed by atoms with Gasteiger partial charge < -0.3 is 15.1 Å². The molecule has 5 nitrogen and oxygen atoms in total. The number of carbonyl (C=O) groups excluding carboxylic acids is 2. The van der Waals surface area contributed by atoms with Gasteiger partial charge in [0.25, 0.3) is 0 Å². The van der Waals surface area contributed by atoms with E-state index in [0.29, 0.717) is 12.1 Å². The van der Waals surface area contributed by atoms with Crippen molar-refractivity contribution in [1.29, 1.82) is 0 Å². The fourth-order valence-corrected chi connectivity index (χ4v) is 3.77. The van der Waals surface area contributed by atoms with Crippen LogP contribution in [0.5, 0.6) is 0 Å². The molecular weight excluding hydrogens is 266 g/mol. The van der Waals surface area contributed by atoms with Crippen LogP contribution in [-0.2, 0) is 4.79 Å². The number of nitrogens with zero attached hydrogens (tertiary/aromatic N) is 2. The highest BCUT2D eigenvalue weighted by molar-refractivity contribution is 5.76. The maximum atomic E-state index is 12.5. The Bertz CT molecular complexity index is 402. The summed E-state index contributed by atoms with van der Waals surface area (Å²) in [6.07, 6.45) is 9.02. The molecule has 3 aliphatic rings. The molecule has 0 aromatic carbocycles. The number of nitrogens with one attached hydrogen (secondary N) is 1. The van der Waals surface area contributed by atoms with Crippen LogP contribution in [0.15, 0.2) is 0 Å². The Balaban J connectivity index is 1.56. The number of amides is 3. The Kier molecular flexibility index (Phi) is 4.36. The predicted octanol–water partition coefficient (Wildman–Crippen LogP) is 2.11. The van der Waals surface area contributed by atoms with E-state index in [1.165, 1.54) is 12.8 Å². The number of likely N-dealkylation sites (tertiary alicyclic amines) is 1. The highest BCUT2D eigenvalue weighted by Crippen LogP contribution is 2.29. The van der Waals surface area contributed by atoms with Crippen molar-refractivity contribution in [2.24, 2.45) is 0 Å². The minimum atomic E-state index is 0.0868. The molecule has 3 rings (SSSR count). The second-order valence-electron chi connectivity index (χ2n) is 6.82.